The second-order valence-electron chi connectivity index (χ2n) is 6.50. The van der Waals surface area contributed by atoms with Gasteiger partial charge >= 0.3 is 0 Å². The maximum absolute atomic E-state index is 6.42. The molecule has 1 aromatic rings. The molecule has 2 aliphatic heterocycles. The fourth-order valence-corrected chi connectivity index (χ4v) is 3.48. The van der Waals surface area contributed by atoms with Crippen molar-refractivity contribution in [3.63, 3.8) is 0 Å². The van der Waals surface area contributed by atoms with Gasteiger partial charge in [-0.25, -0.2) is 0 Å². The van der Waals surface area contributed by atoms with E-state index in [1.807, 2.05) is 6.07 Å². The highest BCUT2D eigenvalue weighted by Crippen LogP contribution is 2.38. The molecule has 4 nitrogen and oxygen atoms in total. The van der Waals surface area contributed by atoms with Gasteiger partial charge in [0, 0.05) is 24.7 Å². The van der Waals surface area contributed by atoms with Gasteiger partial charge in [-0.05, 0) is 45.3 Å². The normalized spacial score (nSPS) is 24.2. The number of piperidine rings is 2. The minimum Gasteiger partial charge on any atom is -0.493 e. The number of ether oxygens (including phenoxy) is 2. The fraction of sp³-hybridized carbons (Fsp3) is 0.667. The number of benzene rings is 1. The van der Waals surface area contributed by atoms with Gasteiger partial charge in [-0.1, -0.05) is 18.6 Å². The van der Waals surface area contributed by atoms with Crippen molar-refractivity contribution in [3.05, 3.63) is 23.8 Å². The SMILES string of the molecule is COc1cccc(C2CCCCN2)c1OC1CCN(C)CC1. The first-order valence-corrected chi connectivity index (χ1v) is 8.53. The number of likely N-dealkylation sites (tertiary alicyclic amines) is 1. The van der Waals surface area contributed by atoms with Crippen LogP contribution in [0, 0.1) is 0 Å². The van der Waals surface area contributed by atoms with Crippen LogP contribution in [-0.2, 0) is 0 Å². The van der Waals surface area contributed by atoms with Crippen LogP contribution in [0.4, 0.5) is 0 Å². The van der Waals surface area contributed by atoms with Gasteiger partial charge < -0.3 is 19.7 Å². The van der Waals surface area contributed by atoms with Gasteiger partial charge in [-0.2, -0.15) is 0 Å². The lowest BCUT2D eigenvalue weighted by Crippen LogP contribution is -2.36. The van der Waals surface area contributed by atoms with Gasteiger partial charge in [0.2, 0.25) is 0 Å². The van der Waals surface area contributed by atoms with E-state index in [9.17, 15) is 0 Å². The average Bonchev–Trinajstić information content (AvgIpc) is 2.58. The highest BCUT2D eigenvalue weighted by Gasteiger charge is 2.25. The summed E-state index contributed by atoms with van der Waals surface area (Å²) >= 11 is 0. The molecule has 0 amide bonds. The molecule has 0 aromatic heterocycles. The molecule has 0 aliphatic carbocycles. The Labute approximate surface area is 133 Å². The molecule has 2 fully saturated rings. The van der Waals surface area contributed by atoms with Gasteiger partial charge in [-0.15, -0.1) is 0 Å². The summed E-state index contributed by atoms with van der Waals surface area (Å²) in [7, 11) is 3.91. The Hall–Kier alpha value is -1.26. The third-order valence-corrected chi connectivity index (χ3v) is 4.87. The van der Waals surface area contributed by atoms with E-state index in [4.69, 9.17) is 9.47 Å². The number of methoxy groups -OCH3 is 1. The lowest BCUT2D eigenvalue weighted by atomic mass is 9.96. The number of nitrogens with one attached hydrogen (secondary N) is 1. The van der Waals surface area contributed by atoms with Crippen LogP contribution in [-0.4, -0.2) is 44.8 Å². The van der Waals surface area contributed by atoms with E-state index in [-0.39, 0.29) is 0 Å². The van der Waals surface area contributed by atoms with Crippen LogP contribution in [0.5, 0.6) is 11.5 Å². The lowest BCUT2D eigenvalue weighted by Gasteiger charge is -2.32. The summed E-state index contributed by atoms with van der Waals surface area (Å²) in [5.41, 5.74) is 1.26. The summed E-state index contributed by atoms with van der Waals surface area (Å²) in [6, 6.07) is 6.67. The zero-order valence-electron chi connectivity index (χ0n) is 13.8. The zero-order valence-corrected chi connectivity index (χ0v) is 13.8. The molecule has 4 heteroatoms. The second kappa shape index (κ2) is 7.34. The van der Waals surface area contributed by atoms with E-state index in [1.165, 1.54) is 24.8 Å². The van der Waals surface area contributed by atoms with Crippen LogP contribution in [0.15, 0.2) is 18.2 Å². The summed E-state index contributed by atoms with van der Waals surface area (Å²) in [4.78, 5) is 2.37. The molecule has 1 N–H and O–H groups in total. The van der Waals surface area contributed by atoms with Crippen molar-refractivity contribution in [2.24, 2.45) is 0 Å². The topological polar surface area (TPSA) is 33.7 Å². The van der Waals surface area contributed by atoms with Crippen LogP contribution in [0.3, 0.4) is 0 Å². The molecule has 0 radical (unpaired) electrons. The summed E-state index contributed by atoms with van der Waals surface area (Å²) < 4.78 is 12.0. The Bertz CT molecular complexity index is 478. The first-order chi connectivity index (χ1) is 10.8. The minimum atomic E-state index is 0.301. The number of hydrogen-bond donors (Lipinski definition) is 1. The number of rotatable bonds is 4. The highest BCUT2D eigenvalue weighted by molar-refractivity contribution is 5.48. The quantitative estimate of drug-likeness (QED) is 0.927. The Morgan fingerprint density at radius 3 is 2.64 bits per heavy atom. The van der Waals surface area contributed by atoms with Gasteiger partial charge in [0.25, 0.3) is 0 Å². The van der Waals surface area contributed by atoms with Crippen LogP contribution in [0.1, 0.15) is 43.7 Å². The van der Waals surface area contributed by atoms with E-state index in [0.29, 0.717) is 12.1 Å². The second-order valence-corrected chi connectivity index (χ2v) is 6.50. The number of hydrogen-bond acceptors (Lipinski definition) is 4. The van der Waals surface area contributed by atoms with Crippen LogP contribution in [0.2, 0.25) is 0 Å². The lowest BCUT2D eigenvalue weighted by molar-refractivity contribution is 0.109. The third kappa shape index (κ3) is 3.55. The van der Waals surface area contributed by atoms with E-state index >= 15 is 0 Å². The van der Waals surface area contributed by atoms with Crippen molar-refractivity contribution in [2.45, 2.75) is 44.2 Å². The molecule has 3 rings (SSSR count). The third-order valence-electron chi connectivity index (χ3n) is 4.87. The molecule has 0 spiro atoms. The van der Waals surface area contributed by atoms with Crippen molar-refractivity contribution in [3.8, 4) is 11.5 Å². The van der Waals surface area contributed by atoms with Gasteiger partial charge in [0.15, 0.2) is 11.5 Å². The summed E-state index contributed by atoms with van der Waals surface area (Å²) in [6.07, 6.45) is 6.21. The molecular weight excluding hydrogens is 276 g/mol. The molecule has 122 valence electrons. The smallest absolute Gasteiger partial charge is 0.166 e. The molecule has 1 aromatic carbocycles. The van der Waals surface area contributed by atoms with E-state index in [0.717, 1.165) is 44.0 Å². The summed E-state index contributed by atoms with van der Waals surface area (Å²) in [6.45, 7) is 3.31. The standard InChI is InChI=1S/C18H28N2O2/c1-20-12-9-14(10-13-20)22-18-15(6-5-8-17(18)21-2)16-7-3-4-11-19-16/h5-6,8,14,16,19H,3-4,7,9-13H2,1-2H3. The molecule has 22 heavy (non-hydrogen) atoms. The van der Waals surface area contributed by atoms with Crippen molar-refractivity contribution in [1.82, 2.24) is 10.2 Å². The fourth-order valence-electron chi connectivity index (χ4n) is 3.48. The van der Waals surface area contributed by atoms with Gasteiger partial charge in [0.05, 0.1) is 7.11 Å². The molecule has 0 saturated carbocycles. The van der Waals surface area contributed by atoms with Crippen LogP contribution in [0.25, 0.3) is 0 Å². The minimum absolute atomic E-state index is 0.301. The first kappa shape index (κ1) is 15.6. The number of nitrogens with zero attached hydrogens (tertiary/aromatic N) is 1. The van der Waals surface area contributed by atoms with Gasteiger partial charge in [0.1, 0.15) is 6.10 Å². The molecule has 2 aliphatic rings. The summed E-state index contributed by atoms with van der Waals surface area (Å²) in [5.74, 6) is 1.82. The van der Waals surface area contributed by atoms with Crippen molar-refractivity contribution < 1.29 is 9.47 Å². The van der Waals surface area contributed by atoms with Crippen molar-refractivity contribution >= 4 is 0 Å². The predicted octanol–water partition coefficient (Wildman–Crippen LogP) is 2.98. The molecule has 1 unspecified atom stereocenters. The van der Waals surface area contributed by atoms with Gasteiger partial charge in [-0.3, -0.25) is 0 Å². The van der Waals surface area contributed by atoms with Crippen molar-refractivity contribution in [2.75, 3.05) is 33.8 Å². The monoisotopic (exact) mass is 304 g/mol. The molecule has 2 saturated heterocycles. The van der Waals surface area contributed by atoms with Crippen LogP contribution >= 0.6 is 0 Å². The zero-order chi connectivity index (χ0) is 15.4. The van der Waals surface area contributed by atoms with E-state index < -0.39 is 0 Å². The predicted molar refractivity (Wildman–Crippen MR) is 88.7 cm³/mol. The van der Waals surface area contributed by atoms with E-state index in [1.54, 1.807) is 7.11 Å². The molecule has 0 bridgehead atoms. The van der Waals surface area contributed by atoms with Crippen molar-refractivity contribution in [1.29, 1.82) is 0 Å². The molecular formula is C18H28N2O2. The Morgan fingerprint density at radius 2 is 1.95 bits per heavy atom. The highest BCUT2D eigenvalue weighted by atomic mass is 16.5. The maximum atomic E-state index is 6.42. The largest absolute Gasteiger partial charge is 0.493 e. The summed E-state index contributed by atoms with van der Waals surface area (Å²) in [5, 5.41) is 3.63. The van der Waals surface area contributed by atoms with E-state index in [2.05, 4.69) is 29.4 Å². The molecule has 1 atom stereocenters. The Kier molecular flexibility index (Phi) is 5.21. The Balaban J connectivity index is 1.80. The molecule has 2 heterocycles. The maximum Gasteiger partial charge on any atom is 0.166 e. The Morgan fingerprint density at radius 1 is 1.14 bits per heavy atom. The average molecular weight is 304 g/mol. The first-order valence-electron chi connectivity index (χ1n) is 8.53. The number of para-hydroxylation sites is 1. The van der Waals surface area contributed by atoms with Crippen LogP contribution < -0.4 is 14.8 Å².